The SMILES string of the molecule is O=C(O)c1cnn(-c2ccnc3cc(Cl)ccc23)c1-c1ccc(-c2ccccc2)cc1. The molecular weight excluding hydrogens is 410 g/mol. The zero-order chi connectivity index (χ0) is 21.4. The van der Waals surface area contributed by atoms with E-state index in [1.165, 1.54) is 6.20 Å². The van der Waals surface area contributed by atoms with Crippen LogP contribution in [0.4, 0.5) is 0 Å². The van der Waals surface area contributed by atoms with Crippen molar-refractivity contribution in [1.29, 1.82) is 0 Å². The summed E-state index contributed by atoms with van der Waals surface area (Å²) in [6.07, 6.45) is 3.04. The average molecular weight is 426 g/mol. The first-order valence-corrected chi connectivity index (χ1v) is 10.0. The molecule has 0 fully saturated rings. The first kappa shape index (κ1) is 19.0. The summed E-state index contributed by atoms with van der Waals surface area (Å²) < 4.78 is 1.65. The summed E-state index contributed by atoms with van der Waals surface area (Å²) in [5, 5.41) is 15.6. The first-order valence-electron chi connectivity index (χ1n) is 9.63. The molecule has 0 bridgehead atoms. The van der Waals surface area contributed by atoms with Crippen LogP contribution >= 0.6 is 11.6 Å². The quantitative estimate of drug-likeness (QED) is 0.377. The van der Waals surface area contributed by atoms with Crippen LogP contribution in [0.3, 0.4) is 0 Å². The third-order valence-corrected chi connectivity index (χ3v) is 5.41. The highest BCUT2D eigenvalue weighted by Crippen LogP contribution is 2.32. The van der Waals surface area contributed by atoms with Gasteiger partial charge in [0.1, 0.15) is 5.56 Å². The smallest absolute Gasteiger partial charge is 0.339 e. The number of pyridine rings is 1. The molecule has 2 aromatic heterocycles. The van der Waals surface area contributed by atoms with E-state index in [4.69, 9.17) is 11.6 Å². The molecule has 5 nitrogen and oxygen atoms in total. The van der Waals surface area contributed by atoms with Crippen LogP contribution in [0.15, 0.2) is 91.3 Å². The maximum Gasteiger partial charge on any atom is 0.339 e. The Morgan fingerprint density at radius 2 is 1.58 bits per heavy atom. The molecule has 0 unspecified atom stereocenters. The van der Waals surface area contributed by atoms with Crippen molar-refractivity contribution in [2.75, 3.05) is 0 Å². The van der Waals surface area contributed by atoms with E-state index in [1.54, 1.807) is 23.0 Å². The summed E-state index contributed by atoms with van der Waals surface area (Å²) in [7, 11) is 0. The van der Waals surface area contributed by atoms with Crippen LogP contribution in [0.5, 0.6) is 0 Å². The van der Waals surface area contributed by atoms with E-state index < -0.39 is 5.97 Å². The summed E-state index contributed by atoms with van der Waals surface area (Å²) >= 11 is 6.12. The van der Waals surface area contributed by atoms with E-state index in [1.807, 2.05) is 66.7 Å². The molecule has 0 atom stereocenters. The molecule has 31 heavy (non-hydrogen) atoms. The first-order chi connectivity index (χ1) is 15.1. The third-order valence-electron chi connectivity index (χ3n) is 5.18. The van der Waals surface area contributed by atoms with Gasteiger partial charge in [0.25, 0.3) is 0 Å². The minimum Gasteiger partial charge on any atom is -0.478 e. The van der Waals surface area contributed by atoms with Crippen LogP contribution in [-0.4, -0.2) is 25.8 Å². The van der Waals surface area contributed by atoms with Gasteiger partial charge in [0, 0.05) is 22.2 Å². The van der Waals surface area contributed by atoms with Crippen molar-refractivity contribution in [3.8, 4) is 28.1 Å². The fourth-order valence-electron chi connectivity index (χ4n) is 3.71. The van der Waals surface area contributed by atoms with E-state index in [9.17, 15) is 9.90 Å². The summed E-state index contributed by atoms with van der Waals surface area (Å²) in [5.41, 5.74) is 4.99. The highest BCUT2D eigenvalue weighted by molar-refractivity contribution is 6.31. The number of nitrogens with zero attached hydrogens (tertiary/aromatic N) is 3. The largest absolute Gasteiger partial charge is 0.478 e. The molecule has 0 saturated heterocycles. The Labute approximate surface area is 183 Å². The molecule has 5 rings (SSSR count). The number of aromatic nitrogens is 3. The molecule has 2 heterocycles. The second-order valence-corrected chi connectivity index (χ2v) is 7.50. The number of halogens is 1. The number of benzene rings is 3. The lowest BCUT2D eigenvalue weighted by molar-refractivity contribution is 0.0697. The zero-order valence-electron chi connectivity index (χ0n) is 16.2. The lowest BCUT2D eigenvalue weighted by Gasteiger charge is -2.12. The lowest BCUT2D eigenvalue weighted by Crippen LogP contribution is -2.04. The lowest BCUT2D eigenvalue weighted by atomic mass is 10.0. The Hall–Kier alpha value is -3.96. The van der Waals surface area contributed by atoms with Gasteiger partial charge in [-0.1, -0.05) is 66.2 Å². The van der Waals surface area contributed by atoms with Gasteiger partial charge in [0.2, 0.25) is 0 Å². The maximum atomic E-state index is 12.0. The number of fused-ring (bicyclic) bond motifs is 1. The van der Waals surface area contributed by atoms with Gasteiger partial charge in [-0.15, -0.1) is 0 Å². The van der Waals surface area contributed by atoms with Crippen LogP contribution in [-0.2, 0) is 0 Å². The molecule has 0 saturated carbocycles. The molecule has 5 aromatic rings. The fourth-order valence-corrected chi connectivity index (χ4v) is 3.87. The molecule has 1 N–H and O–H groups in total. The van der Waals surface area contributed by atoms with Crippen LogP contribution in [0.1, 0.15) is 10.4 Å². The Morgan fingerprint density at radius 3 is 2.32 bits per heavy atom. The Bertz CT molecular complexity index is 1410. The number of hydrogen-bond acceptors (Lipinski definition) is 3. The van der Waals surface area contributed by atoms with Crippen LogP contribution in [0, 0.1) is 0 Å². The summed E-state index contributed by atoms with van der Waals surface area (Å²) in [6, 6.07) is 25.1. The van der Waals surface area contributed by atoms with E-state index in [2.05, 4.69) is 10.1 Å². The molecule has 0 aliphatic carbocycles. The molecule has 150 valence electrons. The highest BCUT2D eigenvalue weighted by Gasteiger charge is 2.20. The van der Waals surface area contributed by atoms with Crippen molar-refractivity contribution in [2.45, 2.75) is 0 Å². The highest BCUT2D eigenvalue weighted by atomic mass is 35.5. The second kappa shape index (κ2) is 7.70. The molecule has 0 aliphatic heterocycles. The number of rotatable bonds is 4. The standard InChI is InChI=1S/C25H16ClN3O2/c26-19-10-11-20-22(14-19)27-13-12-23(20)29-24(21(15-28-29)25(30)31)18-8-6-17(7-9-18)16-4-2-1-3-5-16/h1-15H,(H,30,31). The number of aromatic carboxylic acids is 1. The van der Waals surface area contributed by atoms with E-state index >= 15 is 0 Å². The number of hydrogen-bond donors (Lipinski definition) is 1. The number of carboxylic acid groups (broad SMARTS) is 1. The summed E-state index contributed by atoms with van der Waals surface area (Å²) in [4.78, 5) is 16.3. The topological polar surface area (TPSA) is 68.0 Å². The van der Waals surface area contributed by atoms with E-state index in [0.717, 1.165) is 27.8 Å². The van der Waals surface area contributed by atoms with Crippen molar-refractivity contribution in [1.82, 2.24) is 14.8 Å². The van der Waals surface area contributed by atoms with Gasteiger partial charge in [0.15, 0.2) is 0 Å². The van der Waals surface area contributed by atoms with E-state index in [0.29, 0.717) is 16.2 Å². The van der Waals surface area contributed by atoms with Gasteiger partial charge >= 0.3 is 5.97 Å². The minimum absolute atomic E-state index is 0.131. The van der Waals surface area contributed by atoms with E-state index in [-0.39, 0.29) is 5.56 Å². The Balaban J connectivity index is 1.68. The fraction of sp³-hybridized carbons (Fsp3) is 0. The van der Waals surface area contributed by atoms with Crippen LogP contribution in [0.25, 0.3) is 39.0 Å². The predicted octanol–water partition coefficient (Wildman–Crippen LogP) is 6.11. The van der Waals surface area contributed by atoms with Crippen LogP contribution in [0.2, 0.25) is 5.02 Å². The molecular formula is C25H16ClN3O2. The predicted molar refractivity (Wildman–Crippen MR) is 122 cm³/mol. The van der Waals surface area contributed by atoms with Crippen molar-refractivity contribution >= 4 is 28.5 Å². The molecule has 0 amide bonds. The zero-order valence-corrected chi connectivity index (χ0v) is 17.0. The van der Waals surface area contributed by atoms with Gasteiger partial charge in [-0.25, -0.2) is 9.48 Å². The third kappa shape index (κ3) is 3.45. The average Bonchev–Trinajstić information content (AvgIpc) is 3.24. The van der Waals surface area contributed by atoms with Crippen molar-refractivity contribution in [3.63, 3.8) is 0 Å². The van der Waals surface area contributed by atoms with Gasteiger partial charge in [-0.3, -0.25) is 4.98 Å². The second-order valence-electron chi connectivity index (χ2n) is 7.06. The van der Waals surface area contributed by atoms with Crippen molar-refractivity contribution in [2.24, 2.45) is 0 Å². The van der Waals surface area contributed by atoms with Crippen molar-refractivity contribution < 1.29 is 9.90 Å². The normalized spacial score (nSPS) is 11.0. The van der Waals surface area contributed by atoms with Crippen molar-refractivity contribution in [3.05, 3.63) is 102 Å². The Morgan fingerprint density at radius 1 is 0.871 bits per heavy atom. The molecule has 6 heteroatoms. The maximum absolute atomic E-state index is 12.0. The van der Waals surface area contributed by atoms with Gasteiger partial charge in [0.05, 0.1) is 23.1 Å². The minimum atomic E-state index is -1.03. The number of carboxylic acids is 1. The number of carbonyl (C=O) groups is 1. The molecule has 0 radical (unpaired) electrons. The van der Waals surface area contributed by atoms with Gasteiger partial charge in [-0.05, 0) is 35.4 Å². The summed E-state index contributed by atoms with van der Waals surface area (Å²) in [5.74, 6) is -1.03. The Kier molecular flexibility index (Phi) is 4.73. The molecule has 3 aromatic carbocycles. The molecule has 0 spiro atoms. The van der Waals surface area contributed by atoms with Crippen LogP contribution < -0.4 is 0 Å². The van der Waals surface area contributed by atoms with Gasteiger partial charge in [-0.2, -0.15) is 5.10 Å². The van der Waals surface area contributed by atoms with Gasteiger partial charge < -0.3 is 5.11 Å². The monoisotopic (exact) mass is 425 g/mol. The molecule has 0 aliphatic rings. The summed E-state index contributed by atoms with van der Waals surface area (Å²) in [6.45, 7) is 0.